The van der Waals surface area contributed by atoms with Crippen LogP contribution in [0.25, 0.3) is 11.6 Å². The second kappa shape index (κ2) is 9.05. The average Bonchev–Trinajstić information content (AvgIpc) is 2.72. The van der Waals surface area contributed by atoms with Crippen molar-refractivity contribution in [2.75, 3.05) is 0 Å². The van der Waals surface area contributed by atoms with Crippen molar-refractivity contribution < 1.29 is 4.79 Å². The fourth-order valence-electron chi connectivity index (χ4n) is 3.79. The molecule has 0 bridgehead atoms. The van der Waals surface area contributed by atoms with Crippen LogP contribution in [0.3, 0.4) is 0 Å². The Morgan fingerprint density at radius 1 is 0.862 bits per heavy atom. The standard InChI is InChI=1S/C28H30O/c1-6-28(29)27(26-13-8-7-11-20(26)3)18-23-14-15-25(17-21(23)4)22(5)24-12-9-10-19(2)16-24/h7-18,22H,6H2,1-5H3/b27-18-. The van der Waals surface area contributed by atoms with Gasteiger partial charge in [-0.25, -0.2) is 0 Å². The molecule has 0 aliphatic heterocycles. The molecule has 0 saturated carbocycles. The molecule has 0 aliphatic carbocycles. The van der Waals surface area contributed by atoms with Crippen molar-refractivity contribution in [1.29, 1.82) is 0 Å². The number of ketones is 1. The van der Waals surface area contributed by atoms with Crippen LogP contribution in [0.4, 0.5) is 0 Å². The van der Waals surface area contributed by atoms with Gasteiger partial charge in [0.05, 0.1) is 0 Å². The molecule has 29 heavy (non-hydrogen) atoms. The van der Waals surface area contributed by atoms with Crippen LogP contribution >= 0.6 is 0 Å². The summed E-state index contributed by atoms with van der Waals surface area (Å²) in [7, 11) is 0. The van der Waals surface area contributed by atoms with Crippen LogP contribution in [-0.4, -0.2) is 5.78 Å². The maximum absolute atomic E-state index is 12.7. The third kappa shape index (κ3) is 4.74. The molecule has 0 saturated heterocycles. The summed E-state index contributed by atoms with van der Waals surface area (Å²) >= 11 is 0. The summed E-state index contributed by atoms with van der Waals surface area (Å²) in [6.45, 7) is 10.5. The lowest BCUT2D eigenvalue weighted by molar-refractivity contribution is -0.113. The Morgan fingerprint density at radius 2 is 1.59 bits per heavy atom. The van der Waals surface area contributed by atoms with E-state index in [2.05, 4.69) is 82.3 Å². The molecule has 1 nitrogen and oxygen atoms in total. The van der Waals surface area contributed by atoms with Gasteiger partial charge in [-0.2, -0.15) is 0 Å². The maximum Gasteiger partial charge on any atom is 0.163 e. The number of carbonyl (C=O) groups excluding carboxylic acids is 1. The Bertz CT molecular complexity index is 1060. The third-order valence-corrected chi connectivity index (χ3v) is 5.69. The summed E-state index contributed by atoms with van der Waals surface area (Å²) in [6, 6.07) is 23.4. The van der Waals surface area contributed by atoms with E-state index in [1.165, 1.54) is 22.3 Å². The van der Waals surface area contributed by atoms with Crippen LogP contribution in [0, 0.1) is 20.8 Å². The minimum Gasteiger partial charge on any atom is -0.294 e. The molecule has 0 spiro atoms. The normalized spacial score (nSPS) is 12.7. The Morgan fingerprint density at radius 3 is 2.24 bits per heavy atom. The molecule has 0 heterocycles. The summed E-state index contributed by atoms with van der Waals surface area (Å²) in [5.74, 6) is 0.510. The molecular formula is C28H30O. The largest absolute Gasteiger partial charge is 0.294 e. The number of carbonyl (C=O) groups is 1. The van der Waals surface area contributed by atoms with Crippen molar-refractivity contribution in [2.45, 2.75) is 47.0 Å². The molecule has 3 aromatic carbocycles. The van der Waals surface area contributed by atoms with Gasteiger partial charge in [0.25, 0.3) is 0 Å². The summed E-state index contributed by atoms with van der Waals surface area (Å²) in [6.07, 6.45) is 2.56. The van der Waals surface area contributed by atoms with Crippen LogP contribution in [0.5, 0.6) is 0 Å². The smallest absolute Gasteiger partial charge is 0.163 e. The van der Waals surface area contributed by atoms with Crippen molar-refractivity contribution in [3.05, 3.63) is 106 Å². The third-order valence-electron chi connectivity index (χ3n) is 5.69. The van der Waals surface area contributed by atoms with Gasteiger partial charge in [-0.15, -0.1) is 0 Å². The monoisotopic (exact) mass is 382 g/mol. The van der Waals surface area contributed by atoms with E-state index in [-0.39, 0.29) is 5.78 Å². The van der Waals surface area contributed by atoms with Gasteiger partial charge >= 0.3 is 0 Å². The van der Waals surface area contributed by atoms with E-state index in [0.717, 1.165) is 22.3 Å². The van der Waals surface area contributed by atoms with E-state index < -0.39 is 0 Å². The van der Waals surface area contributed by atoms with Gasteiger partial charge in [0.15, 0.2) is 5.78 Å². The van der Waals surface area contributed by atoms with Crippen molar-refractivity contribution in [3.63, 3.8) is 0 Å². The van der Waals surface area contributed by atoms with Crippen LogP contribution < -0.4 is 0 Å². The highest BCUT2D eigenvalue weighted by Crippen LogP contribution is 2.29. The fraction of sp³-hybridized carbons (Fsp3) is 0.250. The molecule has 3 aromatic rings. The lowest BCUT2D eigenvalue weighted by Crippen LogP contribution is -2.02. The summed E-state index contributed by atoms with van der Waals surface area (Å²) in [5.41, 5.74) is 9.15. The number of aryl methyl sites for hydroxylation is 3. The number of Topliss-reactive ketones (excluding diaryl/α,β-unsaturated/α-hetero) is 1. The molecular weight excluding hydrogens is 352 g/mol. The topological polar surface area (TPSA) is 17.1 Å². The highest BCUT2D eigenvalue weighted by atomic mass is 16.1. The molecule has 1 heteroatoms. The summed E-state index contributed by atoms with van der Waals surface area (Å²) < 4.78 is 0. The minimum absolute atomic E-state index is 0.177. The zero-order chi connectivity index (χ0) is 21.0. The first-order valence-corrected chi connectivity index (χ1v) is 10.4. The summed E-state index contributed by atoms with van der Waals surface area (Å²) in [4.78, 5) is 12.7. The van der Waals surface area contributed by atoms with E-state index in [9.17, 15) is 4.79 Å². The first-order chi connectivity index (χ1) is 13.9. The molecule has 0 aliphatic rings. The maximum atomic E-state index is 12.7. The van der Waals surface area contributed by atoms with E-state index in [0.29, 0.717) is 12.3 Å². The highest BCUT2D eigenvalue weighted by Gasteiger charge is 2.14. The quantitative estimate of drug-likeness (QED) is 0.323. The Balaban J connectivity index is 2.00. The number of rotatable bonds is 6. The van der Waals surface area contributed by atoms with Gasteiger partial charge in [0, 0.05) is 17.9 Å². The Hall–Kier alpha value is -2.93. The second-order valence-corrected chi connectivity index (χ2v) is 7.90. The van der Waals surface area contributed by atoms with Crippen molar-refractivity contribution >= 4 is 17.4 Å². The van der Waals surface area contributed by atoms with Crippen LogP contribution in [0.2, 0.25) is 0 Å². The lowest BCUT2D eigenvalue weighted by atomic mass is 9.89. The number of hydrogen-bond donors (Lipinski definition) is 0. The molecule has 148 valence electrons. The second-order valence-electron chi connectivity index (χ2n) is 7.90. The lowest BCUT2D eigenvalue weighted by Gasteiger charge is -2.16. The van der Waals surface area contributed by atoms with Gasteiger partial charge in [-0.05, 0) is 60.2 Å². The zero-order valence-corrected chi connectivity index (χ0v) is 18.1. The molecule has 0 N–H and O–H groups in total. The minimum atomic E-state index is 0.177. The Labute approximate surface area is 175 Å². The molecule has 1 atom stereocenters. The van der Waals surface area contributed by atoms with E-state index >= 15 is 0 Å². The Kier molecular flexibility index (Phi) is 6.49. The first kappa shape index (κ1) is 20.8. The SMILES string of the molecule is CCC(=O)/C(=C\c1ccc(C(C)c2cccc(C)c2)cc1C)c1ccccc1C. The van der Waals surface area contributed by atoms with Gasteiger partial charge in [-0.1, -0.05) is 86.1 Å². The molecule has 1 unspecified atom stereocenters. The van der Waals surface area contributed by atoms with Gasteiger partial charge in [-0.3, -0.25) is 4.79 Å². The van der Waals surface area contributed by atoms with Gasteiger partial charge < -0.3 is 0 Å². The van der Waals surface area contributed by atoms with E-state index in [4.69, 9.17) is 0 Å². The highest BCUT2D eigenvalue weighted by molar-refractivity contribution is 6.25. The number of benzene rings is 3. The van der Waals surface area contributed by atoms with Crippen molar-refractivity contribution in [2.24, 2.45) is 0 Å². The number of allylic oxidation sites excluding steroid dienone is 1. The summed E-state index contributed by atoms with van der Waals surface area (Å²) in [5, 5.41) is 0. The fourth-order valence-corrected chi connectivity index (χ4v) is 3.79. The zero-order valence-electron chi connectivity index (χ0n) is 18.1. The first-order valence-electron chi connectivity index (χ1n) is 10.4. The van der Waals surface area contributed by atoms with Crippen LogP contribution in [-0.2, 0) is 4.79 Å². The average molecular weight is 383 g/mol. The predicted octanol–water partition coefficient (Wildman–Crippen LogP) is 7.28. The molecule has 0 aromatic heterocycles. The van der Waals surface area contributed by atoms with Crippen molar-refractivity contribution in [3.8, 4) is 0 Å². The molecule has 3 rings (SSSR count). The van der Waals surface area contributed by atoms with Crippen molar-refractivity contribution in [1.82, 2.24) is 0 Å². The van der Waals surface area contributed by atoms with E-state index in [1.54, 1.807) is 0 Å². The molecule has 0 fully saturated rings. The van der Waals surface area contributed by atoms with Crippen LogP contribution in [0.1, 0.15) is 65.1 Å². The predicted molar refractivity (Wildman–Crippen MR) is 124 cm³/mol. The van der Waals surface area contributed by atoms with Gasteiger partial charge in [0.2, 0.25) is 0 Å². The molecule has 0 radical (unpaired) electrons. The number of hydrogen-bond acceptors (Lipinski definition) is 1. The van der Waals surface area contributed by atoms with E-state index in [1.807, 2.05) is 25.1 Å². The molecule has 0 amide bonds. The van der Waals surface area contributed by atoms with Gasteiger partial charge in [0.1, 0.15) is 0 Å². The van der Waals surface area contributed by atoms with Crippen LogP contribution in [0.15, 0.2) is 66.7 Å².